The molecule has 1 saturated heterocycles. The predicted molar refractivity (Wildman–Crippen MR) is 96.2 cm³/mol. The normalized spacial score (nSPS) is 17.9. The standard InChI is InChI=1S/C20H31NO3/c1-20(2,23)13-12-16-8-10-17(11-9-16)19(22)21(3)14-4-6-18-7-5-15-24-18/h8-11,18,23H,4-7,12-15H2,1-3H3/t18-/m0/s1. The second-order valence-corrected chi connectivity index (χ2v) is 7.51. The van der Waals surface area contributed by atoms with E-state index in [9.17, 15) is 9.90 Å². The predicted octanol–water partition coefficient (Wildman–Crippen LogP) is 3.42. The van der Waals surface area contributed by atoms with E-state index in [4.69, 9.17) is 4.74 Å². The molecule has 1 atom stereocenters. The van der Waals surface area contributed by atoms with Crippen LogP contribution in [0.2, 0.25) is 0 Å². The van der Waals surface area contributed by atoms with Crippen molar-refractivity contribution in [3.8, 4) is 0 Å². The van der Waals surface area contributed by atoms with Gasteiger partial charge in [0.05, 0.1) is 11.7 Å². The third kappa shape index (κ3) is 6.25. The highest BCUT2D eigenvalue weighted by molar-refractivity contribution is 5.94. The Morgan fingerprint density at radius 2 is 2.04 bits per heavy atom. The Kier molecular flexibility index (Phi) is 6.81. The molecule has 0 spiro atoms. The van der Waals surface area contributed by atoms with Gasteiger partial charge in [0.2, 0.25) is 0 Å². The van der Waals surface area contributed by atoms with E-state index in [1.807, 2.05) is 45.2 Å². The largest absolute Gasteiger partial charge is 0.390 e. The maximum atomic E-state index is 12.5. The van der Waals surface area contributed by atoms with E-state index in [2.05, 4.69) is 0 Å². The Hall–Kier alpha value is -1.39. The van der Waals surface area contributed by atoms with Crippen LogP contribution < -0.4 is 0 Å². The molecule has 1 heterocycles. The van der Waals surface area contributed by atoms with Gasteiger partial charge in [0.1, 0.15) is 0 Å². The van der Waals surface area contributed by atoms with Crippen molar-refractivity contribution in [1.82, 2.24) is 4.90 Å². The van der Waals surface area contributed by atoms with Gasteiger partial charge in [-0.2, -0.15) is 0 Å². The molecule has 0 aliphatic carbocycles. The molecule has 24 heavy (non-hydrogen) atoms. The Bertz CT molecular complexity index is 513. The van der Waals surface area contributed by atoms with Crippen molar-refractivity contribution < 1.29 is 14.6 Å². The van der Waals surface area contributed by atoms with Gasteiger partial charge in [0.25, 0.3) is 5.91 Å². The zero-order valence-electron chi connectivity index (χ0n) is 15.3. The second kappa shape index (κ2) is 8.63. The van der Waals surface area contributed by atoms with Crippen molar-refractivity contribution in [2.45, 2.75) is 64.1 Å². The molecule has 4 nitrogen and oxygen atoms in total. The van der Waals surface area contributed by atoms with Crippen LogP contribution in [-0.4, -0.2) is 47.8 Å². The summed E-state index contributed by atoms with van der Waals surface area (Å²) >= 11 is 0. The number of nitrogens with zero attached hydrogens (tertiary/aromatic N) is 1. The van der Waals surface area contributed by atoms with Gasteiger partial charge in [0.15, 0.2) is 0 Å². The average molecular weight is 333 g/mol. The number of benzene rings is 1. The first-order valence-electron chi connectivity index (χ1n) is 9.03. The van der Waals surface area contributed by atoms with Gasteiger partial charge in [-0.25, -0.2) is 0 Å². The summed E-state index contributed by atoms with van der Waals surface area (Å²) in [4.78, 5) is 14.2. The summed E-state index contributed by atoms with van der Waals surface area (Å²) in [6.07, 6.45) is 6.26. The van der Waals surface area contributed by atoms with Crippen LogP contribution in [0, 0.1) is 0 Å². The molecular formula is C20H31NO3. The van der Waals surface area contributed by atoms with Crippen molar-refractivity contribution in [1.29, 1.82) is 0 Å². The van der Waals surface area contributed by atoms with E-state index in [-0.39, 0.29) is 5.91 Å². The summed E-state index contributed by atoms with van der Waals surface area (Å²) in [5.41, 5.74) is 1.22. The van der Waals surface area contributed by atoms with Crippen LogP contribution in [0.4, 0.5) is 0 Å². The summed E-state index contributed by atoms with van der Waals surface area (Å²) in [6, 6.07) is 7.75. The molecule has 0 bridgehead atoms. The zero-order chi connectivity index (χ0) is 17.6. The minimum absolute atomic E-state index is 0.0661. The van der Waals surface area contributed by atoms with Crippen molar-refractivity contribution in [2.24, 2.45) is 0 Å². The zero-order valence-corrected chi connectivity index (χ0v) is 15.3. The van der Waals surface area contributed by atoms with Crippen LogP contribution in [0.25, 0.3) is 0 Å². The van der Waals surface area contributed by atoms with E-state index in [0.717, 1.165) is 50.0 Å². The van der Waals surface area contributed by atoms with Gasteiger partial charge in [-0.1, -0.05) is 12.1 Å². The van der Waals surface area contributed by atoms with Crippen LogP contribution in [-0.2, 0) is 11.2 Å². The number of amides is 1. The van der Waals surface area contributed by atoms with Crippen LogP contribution in [0.3, 0.4) is 0 Å². The molecule has 0 saturated carbocycles. The third-order valence-corrected chi connectivity index (χ3v) is 4.62. The van der Waals surface area contributed by atoms with Gasteiger partial charge < -0.3 is 14.7 Å². The maximum Gasteiger partial charge on any atom is 0.253 e. The molecule has 1 aromatic rings. The molecule has 1 amide bonds. The number of rotatable bonds is 8. The molecule has 1 aromatic carbocycles. The highest BCUT2D eigenvalue weighted by Crippen LogP contribution is 2.17. The van der Waals surface area contributed by atoms with Gasteiger partial charge in [-0.3, -0.25) is 4.79 Å². The quantitative estimate of drug-likeness (QED) is 0.793. The molecule has 4 heteroatoms. The molecule has 2 rings (SSSR count). The number of aliphatic hydroxyl groups is 1. The van der Waals surface area contributed by atoms with Crippen molar-refractivity contribution >= 4 is 5.91 Å². The molecule has 1 aliphatic heterocycles. The lowest BCUT2D eigenvalue weighted by Gasteiger charge is -2.19. The van der Waals surface area contributed by atoms with Gasteiger partial charge in [-0.15, -0.1) is 0 Å². The monoisotopic (exact) mass is 333 g/mol. The first-order chi connectivity index (χ1) is 11.3. The number of hydrogen-bond acceptors (Lipinski definition) is 3. The molecule has 1 N–H and O–H groups in total. The molecule has 134 valence electrons. The number of aryl methyl sites for hydroxylation is 1. The SMILES string of the molecule is CN(CCC[C@H]1CCCO1)C(=O)c1ccc(CCC(C)(C)O)cc1. The Morgan fingerprint density at radius 3 is 2.62 bits per heavy atom. The summed E-state index contributed by atoms with van der Waals surface area (Å²) in [5, 5.41) is 9.79. The minimum atomic E-state index is -0.655. The molecule has 1 aliphatic rings. The lowest BCUT2D eigenvalue weighted by Crippen LogP contribution is -2.28. The summed E-state index contributed by atoms with van der Waals surface area (Å²) < 4.78 is 5.62. The van der Waals surface area contributed by atoms with Crippen molar-refractivity contribution in [3.63, 3.8) is 0 Å². The lowest BCUT2D eigenvalue weighted by molar-refractivity contribution is 0.0712. The number of ether oxygens (including phenoxy) is 1. The van der Waals surface area contributed by atoms with E-state index in [1.165, 1.54) is 6.42 Å². The minimum Gasteiger partial charge on any atom is -0.390 e. The fraction of sp³-hybridized carbons (Fsp3) is 0.650. The van der Waals surface area contributed by atoms with Crippen molar-refractivity contribution in [2.75, 3.05) is 20.2 Å². The van der Waals surface area contributed by atoms with Crippen LogP contribution in [0.1, 0.15) is 61.9 Å². The Labute approximate surface area is 145 Å². The number of carbonyl (C=O) groups is 1. The summed E-state index contributed by atoms with van der Waals surface area (Å²) in [6.45, 7) is 5.28. The van der Waals surface area contributed by atoms with Gasteiger partial charge >= 0.3 is 0 Å². The van der Waals surface area contributed by atoms with E-state index < -0.39 is 5.60 Å². The molecular weight excluding hydrogens is 302 g/mol. The van der Waals surface area contributed by atoms with Gasteiger partial charge in [-0.05, 0) is 70.1 Å². The topological polar surface area (TPSA) is 49.8 Å². The maximum absolute atomic E-state index is 12.5. The highest BCUT2D eigenvalue weighted by Gasteiger charge is 2.17. The van der Waals surface area contributed by atoms with Crippen LogP contribution >= 0.6 is 0 Å². The fourth-order valence-corrected chi connectivity index (χ4v) is 3.01. The fourth-order valence-electron chi connectivity index (χ4n) is 3.01. The number of hydrogen-bond donors (Lipinski definition) is 1. The lowest BCUT2D eigenvalue weighted by atomic mass is 9.98. The Morgan fingerprint density at radius 1 is 1.33 bits per heavy atom. The van der Waals surface area contributed by atoms with E-state index in [0.29, 0.717) is 12.5 Å². The third-order valence-electron chi connectivity index (χ3n) is 4.62. The van der Waals surface area contributed by atoms with Crippen LogP contribution in [0.15, 0.2) is 24.3 Å². The second-order valence-electron chi connectivity index (χ2n) is 7.51. The average Bonchev–Trinajstić information content (AvgIpc) is 3.05. The molecule has 1 fully saturated rings. The molecule has 0 radical (unpaired) electrons. The van der Waals surface area contributed by atoms with Crippen LogP contribution in [0.5, 0.6) is 0 Å². The van der Waals surface area contributed by atoms with Gasteiger partial charge in [0, 0.05) is 25.8 Å². The van der Waals surface area contributed by atoms with E-state index in [1.54, 1.807) is 4.90 Å². The summed E-state index contributed by atoms with van der Waals surface area (Å²) in [5.74, 6) is 0.0661. The first kappa shape index (κ1) is 18.9. The first-order valence-corrected chi connectivity index (χ1v) is 9.03. The summed E-state index contributed by atoms with van der Waals surface area (Å²) in [7, 11) is 1.86. The molecule has 0 unspecified atom stereocenters. The van der Waals surface area contributed by atoms with E-state index >= 15 is 0 Å². The molecule has 0 aromatic heterocycles. The smallest absolute Gasteiger partial charge is 0.253 e. The highest BCUT2D eigenvalue weighted by atomic mass is 16.5. The Balaban J connectivity index is 1.78. The van der Waals surface area contributed by atoms with Crippen molar-refractivity contribution in [3.05, 3.63) is 35.4 Å². The number of carbonyl (C=O) groups excluding carboxylic acids is 1.